The van der Waals surface area contributed by atoms with Crippen LogP contribution in [0.2, 0.25) is 0 Å². The van der Waals surface area contributed by atoms with Gasteiger partial charge in [-0.1, -0.05) is 11.8 Å². The first-order chi connectivity index (χ1) is 9.60. The molecular weight excluding hydrogens is 255 g/mol. The second-order valence-corrected chi connectivity index (χ2v) is 4.67. The molecule has 2 aromatic rings. The molecule has 1 aromatic heterocycles. The molecule has 0 fully saturated rings. The van der Waals surface area contributed by atoms with Crippen molar-refractivity contribution in [1.82, 2.24) is 9.55 Å². The van der Waals surface area contributed by atoms with Gasteiger partial charge in [-0.25, -0.2) is 9.37 Å². The highest BCUT2D eigenvalue weighted by atomic mass is 19.1. The third-order valence-corrected chi connectivity index (χ3v) is 3.13. The van der Waals surface area contributed by atoms with Gasteiger partial charge in [0.1, 0.15) is 5.82 Å². The first kappa shape index (κ1) is 14.3. The molecule has 0 bridgehead atoms. The van der Waals surface area contributed by atoms with Gasteiger partial charge in [-0.05, 0) is 37.6 Å². The Labute approximate surface area is 118 Å². The van der Waals surface area contributed by atoms with Gasteiger partial charge in [0.05, 0.1) is 18.6 Å². The minimum Gasteiger partial charge on any atom is -0.395 e. The maximum absolute atomic E-state index is 13.6. The van der Waals surface area contributed by atoms with Crippen LogP contribution in [-0.4, -0.2) is 21.3 Å². The zero-order chi connectivity index (χ0) is 14.5. The van der Waals surface area contributed by atoms with Gasteiger partial charge in [0.25, 0.3) is 0 Å². The SMILES string of the molecule is Cc1ncn(Cc2cc(F)cc(C#CCCO)c2)c1C. The fourth-order valence-electron chi connectivity index (χ4n) is 1.93. The summed E-state index contributed by atoms with van der Waals surface area (Å²) in [5.41, 5.74) is 3.52. The van der Waals surface area contributed by atoms with E-state index in [1.165, 1.54) is 12.1 Å². The Hall–Kier alpha value is -2.12. The van der Waals surface area contributed by atoms with Crippen LogP contribution in [0.4, 0.5) is 4.39 Å². The zero-order valence-electron chi connectivity index (χ0n) is 11.7. The van der Waals surface area contributed by atoms with E-state index in [2.05, 4.69) is 16.8 Å². The Balaban J connectivity index is 2.24. The fraction of sp³-hybridized carbons (Fsp3) is 0.312. The predicted molar refractivity (Wildman–Crippen MR) is 75.8 cm³/mol. The number of hydrogen-bond acceptors (Lipinski definition) is 2. The second kappa shape index (κ2) is 6.36. The Morgan fingerprint density at radius 2 is 2.10 bits per heavy atom. The van der Waals surface area contributed by atoms with Crippen LogP contribution < -0.4 is 0 Å². The molecule has 4 heteroatoms. The number of rotatable bonds is 3. The van der Waals surface area contributed by atoms with Crippen LogP contribution in [0.15, 0.2) is 24.5 Å². The quantitative estimate of drug-likeness (QED) is 0.871. The second-order valence-electron chi connectivity index (χ2n) is 4.67. The summed E-state index contributed by atoms with van der Waals surface area (Å²) in [6.45, 7) is 4.52. The molecule has 3 nitrogen and oxygen atoms in total. The molecule has 0 aliphatic rings. The van der Waals surface area contributed by atoms with Gasteiger partial charge in [0.15, 0.2) is 0 Å². The zero-order valence-corrected chi connectivity index (χ0v) is 11.7. The number of imidazole rings is 1. The molecule has 1 heterocycles. The largest absolute Gasteiger partial charge is 0.395 e. The van der Waals surface area contributed by atoms with Crippen molar-refractivity contribution in [3.8, 4) is 11.8 Å². The van der Waals surface area contributed by atoms with Gasteiger partial charge in [0.2, 0.25) is 0 Å². The number of hydrogen-bond donors (Lipinski definition) is 1. The maximum atomic E-state index is 13.6. The minimum atomic E-state index is -0.301. The van der Waals surface area contributed by atoms with Crippen molar-refractivity contribution in [1.29, 1.82) is 0 Å². The van der Waals surface area contributed by atoms with Crippen LogP contribution in [0.1, 0.15) is 28.9 Å². The fourth-order valence-corrected chi connectivity index (χ4v) is 1.93. The van der Waals surface area contributed by atoms with Crippen LogP contribution in [-0.2, 0) is 6.54 Å². The van der Waals surface area contributed by atoms with Crippen LogP contribution in [0.25, 0.3) is 0 Å². The number of aryl methyl sites for hydroxylation is 1. The van der Waals surface area contributed by atoms with E-state index in [1.807, 2.05) is 24.5 Å². The van der Waals surface area contributed by atoms with Crippen LogP contribution in [0, 0.1) is 31.5 Å². The summed E-state index contributed by atoms with van der Waals surface area (Å²) < 4.78 is 15.6. The number of aliphatic hydroxyl groups is 1. The lowest BCUT2D eigenvalue weighted by Gasteiger charge is -2.06. The summed E-state index contributed by atoms with van der Waals surface area (Å²) >= 11 is 0. The van der Waals surface area contributed by atoms with Crippen molar-refractivity contribution in [3.05, 3.63) is 52.9 Å². The van der Waals surface area contributed by atoms with Crippen molar-refractivity contribution < 1.29 is 9.50 Å². The molecule has 0 radical (unpaired) electrons. The summed E-state index contributed by atoms with van der Waals surface area (Å²) in [5, 5.41) is 8.69. The standard InChI is InChI=1S/C16H17FN2O/c1-12-13(2)19(11-18-12)10-15-7-14(5-3-4-6-20)8-16(17)9-15/h7-9,11,20H,4,6,10H2,1-2H3. The highest BCUT2D eigenvalue weighted by Crippen LogP contribution is 2.13. The summed E-state index contributed by atoms with van der Waals surface area (Å²) in [5.74, 6) is 5.36. The molecular formula is C16H17FN2O. The van der Waals surface area contributed by atoms with Gasteiger partial charge in [-0.2, -0.15) is 0 Å². The molecule has 1 N–H and O–H groups in total. The van der Waals surface area contributed by atoms with E-state index in [1.54, 1.807) is 6.33 Å². The first-order valence-electron chi connectivity index (χ1n) is 6.47. The molecule has 104 valence electrons. The predicted octanol–water partition coefficient (Wildman–Crippen LogP) is 2.42. The van der Waals surface area contributed by atoms with E-state index in [0.717, 1.165) is 17.0 Å². The van der Waals surface area contributed by atoms with E-state index in [9.17, 15) is 4.39 Å². The number of aromatic nitrogens is 2. The summed E-state index contributed by atoms with van der Waals surface area (Å²) in [7, 11) is 0. The number of benzene rings is 1. The van der Waals surface area contributed by atoms with Crippen molar-refractivity contribution in [2.24, 2.45) is 0 Å². The average Bonchev–Trinajstić information content (AvgIpc) is 2.71. The van der Waals surface area contributed by atoms with Crippen molar-refractivity contribution in [2.45, 2.75) is 26.8 Å². The monoisotopic (exact) mass is 272 g/mol. The molecule has 0 amide bonds. The van der Waals surface area contributed by atoms with Crippen LogP contribution in [0.3, 0.4) is 0 Å². The van der Waals surface area contributed by atoms with Crippen molar-refractivity contribution >= 4 is 0 Å². The van der Waals surface area contributed by atoms with Gasteiger partial charge in [-0.15, -0.1) is 0 Å². The van der Waals surface area contributed by atoms with E-state index in [4.69, 9.17) is 5.11 Å². The molecule has 0 spiro atoms. The summed E-state index contributed by atoms with van der Waals surface area (Å²) in [6.07, 6.45) is 2.15. The third-order valence-electron chi connectivity index (χ3n) is 3.13. The number of aliphatic hydroxyl groups excluding tert-OH is 1. The van der Waals surface area contributed by atoms with E-state index >= 15 is 0 Å². The Morgan fingerprint density at radius 3 is 2.75 bits per heavy atom. The van der Waals surface area contributed by atoms with Gasteiger partial charge in [-0.3, -0.25) is 0 Å². The van der Waals surface area contributed by atoms with Crippen molar-refractivity contribution in [2.75, 3.05) is 6.61 Å². The topological polar surface area (TPSA) is 38.0 Å². The number of halogens is 1. The lowest BCUT2D eigenvalue weighted by molar-refractivity contribution is 0.305. The highest BCUT2D eigenvalue weighted by molar-refractivity contribution is 5.38. The lowest BCUT2D eigenvalue weighted by Crippen LogP contribution is -2.01. The maximum Gasteiger partial charge on any atom is 0.124 e. The third kappa shape index (κ3) is 3.46. The number of nitrogens with zero attached hydrogens (tertiary/aromatic N) is 2. The molecule has 0 saturated heterocycles. The smallest absolute Gasteiger partial charge is 0.124 e. The Kier molecular flexibility index (Phi) is 4.54. The summed E-state index contributed by atoms with van der Waals surface area (Å²) in [4.78, 5) is 4.23. The molecule has 0 aliphatic heterocycles. The molecule has 20 heavy (non-hydrogen) atoms. The van der Waals surface area contributed by atoms with Crippen molar-refractivity contribution in [3.63, 3.8) is 0 Å². The normalized spacial score (nSPS) is 10.2. The van der Waals surface area contributed by atoms with Crippen LogP contribution >= 0.6 is 0 Å². The molecule has 1 aromatic carbocycles. The Morgan fingerprint density at radius 1 is 1.30 bits per heavy atom. The van der Waals surface area contributed by atoms with E-state index < -0.39 is 0 Å². The van der Waals surface area contributed by atoms with Crippen LogP contribution in [0.5, 0.6) is 0 Å². The lowest BCUT2D eigenvalue weighted by atomic mass is 10.1. The molecule has 0 atom stereocenters. The first-order valence-corrected chi connectivity index (χ1v) is 6.47. The van der Waals surface area contributed by atoms with E-state index in [0.29, 0.717) is 18.5 Å². The summed E-state index contributed by atoms with van der Waals surface area (Å²) in [6, 6.07) is 4.77. The molecule has 0 saturated carbocycles. The van der Waals surface area contributed by atoms with Gasteiger partial charge in [0, 0.05) is 24.2 Å². The minimum absolute atomic E-state index is 0.0165. The highest BCUT2D eigenvalue weighted by Gasteiger charge is 2.05. The molecule has 2 rings (SSSR count). The van der Waals surface area contributed by atoms with E-state index in [-0.39, 0.29) is 12.4 Å². The average molecular weight is 272 g/mol. The Bertz CT molecular complexity index is 665. The molecule has 0 aliphatic carbocycles. The molecule has 0 unspecified atom stereocenters. The van der Waals surface area contributed by atoms with Gasteiger partial charge < -0.3 is 9.67 Å². The van der Waals surface area contributed by atoms with Gasteiger partial charge >= 0.3 is 0 Å².